The minimum atomic E-state index is -0.379. The summed E-state index contributed by atoms with van der Waals surface area (Å²) >= 11 is 0. The maximum atomic E-state index is 12.9. The second-order valence-corrected chi connectivity index (χ2v) is 5.11. The second kappa shape index (κ2) is 5.52. The monoisotopic (exact) mass is 295 g/mol. The summed E-state index contributed by atoms with van der Waals surface area (Å²) in [5, 5.41) is 3.65. The minimum Gasteiger partial charge on any atom is -0.306 e. The molecule has 3 aromatic rings. The van der Waals surface area contributed by atoms with Crippen molar-refractivity contribution in [3.05, 3.63) is 65.1 Å². The molecule has 2 aromatic heterocycles. The Bertz CT molecular complexity index is 860. The Balaban J connectivity index is 1.90. The molecule has 0 aliphatic heterocycles. The van der Waals surface area contributed by atoms with E-state index >= 15 is 0 Å². The van der Waals surface area contributed by atoms with Gasteiger partial charge < -0.3 is 5.32 Å². The largest absolute Gasteiger partial charge is 0.306 e. The van der Waals surface area contributed by atoms with Crippen molar-refractivity contribution in [2.24, 2.45) is 0 Å². The van der Waals surface area contributed by atoms with E-state index in [4.69, 9.17) is 0 Å². The standard InChI is InChI=1S/C17H14FN3O/c1-10-9-11(2)19-16-14(10)7-8-15(20-16)21-17(22)12-3-5-13(18)6-4-12/h3-9H,1-2H3,(H,19,20,21,22). The number of anilines is 1. The summed E-state index contributed by atoms with van der Waals surface area (Å²) in [5.41, 5.74) is 2.93. The summed E-state index contributed by atoms with van der Waals surface area (Å²) in [7, 11) is 0. The zero-order valence-electron chi connectivity index (χ0n) is 12.2. The van der Waals surface area contributed by atoms with Gasteiger partial charge in [0, 0.05) is 16.6 Å². The molecule has 0 aliphatic rings. The summed E-state index contributed by atoms with van der Waals surface area (Å²) in [5.74, 6) is -0.300. The number of carbonyl (C=O) groups excluding carboxylic acids is 1. The number of carbonyl (C=O) groups is 1. The Hall–Kier alpha value is -2.82. The third-order valence-corrected chi connectivity index (χ3v) is 3.36. The van der Waals surface area contributed by atoms with Gasteiger partial charge in [-0.15, -0.1) is 0 Å². The molecule has 0 saturated carbocycles. The van der Waals surface area contributed by atoms with Crippen LogP contribution in [0.25, 0.3) is 11.0 Å². The number of fused-ring (bicyclic) bond motifs is 1. The van der Waals surface area contributed by atoms with Crippen LogP contribution in [0, 0.1) is 19.7 Å². The minimum absolute atomic E-state index is 0.337. The number of aromatic nitrogens is 2. The zero-order valence-corrected chi connectivity index (χ0v) is 12.2. The number of amides is 1. The van der Waals surface area contributed by atoms with Crippen molar-refractivity contribution >= 4 is 22.8 Å². The summed E-state index contributed by atoms with van der Waals surface area (Å²) in [6, 6.07) is 10.9. The molecule has 1 N–H and O–H groups in total. The average Bonchev–Trinajstić information content (AvgIpc) is 2.47. The van der Waals surface area contributed by atoms with Crippen molar-refractivity contribution in [2.75, 3.05) is 5.32 Å². The molecule has 0 bridgehead atoms. The molecule has 1 amide bonds. The predicted octanol–water partition coefficient (Wildman–Crippen LogP) is 3.64. The third kappa shape index (κ3) is 2.79. The highest BCUT2D eigenvalue weighted by Crippen LogP contribution is 2.18. The van der Waals surface area contributed by atoms with E-state index in [2.05, 4.69) is 15.3 Å². The number of hydrogen-bond donors (Lipinski definition) is 1. The number of pyridine rings is 2. The second-order valence-electron chi connectivity index (χ2n) is 5.11. The molecular formula is C17H14FN3O. The Kier molecular flexibility index (Phi) is 3.55. The van der Waals surface area contributed by atoms with Crippen molar-refractivity contribution in [3.8, 4) is 0 Å². The van der Waals surface area contributed by atoms with Crippen LogP contribution in [0.15, 0.2) is 42.5 Å². The molecule has 2 heterocycles. The number of benzene rings is 1. The van der Waals surface area contributed by atoms with E-state index in [-0.39, 0.29) is 11.7 Å². The van der Waals surface area contributed by atoms with Gasteiger partial charge >= 0.3 is 0 Å². The van der Waals surface area contributed by atoms with Gasteiger partial charge in [-0.3, -0.25) is 4.79 Å². The first kappa shape index (κ1) is 14.1. The molecule has 0 unspecified atom stereocenters. The average molecular weight is 295 g/mol. The van der Waals surface area contributed by atoms with E-state index in [1.165, 1.54) is 24.3 Å². The van der Waals surface area contributed by atoms with Crippen LogP contribution in [0.1, 0.15) is 21.6 Å². The highest BCUT2D eigenvalue weighted by molar-refractivity contribution is 6.04. The summed E-state index contributed by atoms with van der Waals surface area (Å²) in [4.78, 5) is 20.8. The molecule has 0 atom stereocenters. The number of aryl methyl sites for hydroxylation is 2. The van der Waals surface area contributed by atoms with Gasteiger partial charge in [-0.1, -0.05) is 0 Å². The molecular weight excluding hydrogens is 281 g/mol. The molecule has 0 saturated heterocycles. The molecule has 0 fully saturated rings. The van der Waals surface area contributed by atoms with E-state index in [1.54, 1.807) is 6.07 Å². The normalized spacial score (nSPS) is 10.7. The van der Waals surface area contributed by atoms with Crippen molar-refractivity contribution in [2.45, 2.75) is 13.8 Å². The van der Waals surface area contributed by atoms with Gasteiger partial charge in [0.15, 0.2) is 5.65 Å². The van der Waals surface area contributed by atoms with Crippen molar-refractivity contribution in [3.63, 3.8) is 0 Å². The number of nitrogens with one attached hydrogen (secondary N) is 1. The molecule has 5 heteroatoms. The Morgan fingerprint density at radius 1 is 1.05 bits per heavy atom. The smallest absolute Gasteiger partial charge is 0.256 e. The maximum absolute atomic E-state index is 12.9. The summed E-state index contributed by atoms with van der Waals surface area (Å²) in [6.07, 6.45) is 0. The van der Waals surface area contributed by atoms with Crippen LogP contribution in [-0.2, 0) is 0 Å². The van der Waals surface area contributed by atoms with Gasteiger partial charge in [-0.05, 0) is 61.9 Å². The van der Waals surface area contributed by atoms with Gasteiger partial charge in [-0.2, -0.15) is 0 Å². The summed E-state index contributed by atoms with van der Waals surface area (Å²) in [6.45, 7) is 3.90. The topological polar surface area (TPSA) is 54.9 Å². The number of halogens is 1. The molecule has 0 radical (unpaired) electrons. The number of hydrogen-bond acceptors (Lipinski definition) is 3. The zero-order chi connectivity index (χ0) is 15.7. The Labute approximate surface area is 127 Å². The van der Waals surface area contributed by atoms with E-state index in [1.807, 2.05) is 26.0 Å². The van der Waals surface area contributed by atoms with Gasteiger partial charge in [0.1, 0.15) is 11.6 Å². The fraction of sp³-hybridized carbons (Fsp3) is 0.118. The number of nitrogens with zero attached hydrogens (tertiary/aromatic N) is 2. The van der Waals surface area contributed by atoms with E-state index < -0.39 is 0 Å². The van der Waals surface area contributed by atoms with Crippen LogP contribution in [0.4, 0.5) is 10.2 Å². The van der Waals surface area contributed by atoms with Crippen LogP contribution >= 0.6 is 0 Å². The lowest BCUT2D eigenvalue weighted by atomic mass is 10.1. The maximum Gasteiger partial charge on any atom is 0.256 e. The third-order valence-electron chi connectivity index (χ3n) is 3.36. The van der Waals surface area contributed by atoms with Crippen LogP contribution in [0.3, 0.4) is 0 Å². The van der Waals surface area contributed by atoms with Crippen LogP contribution in [0.2, 0.25) is 0 Å². The molecule has 1 aromatic carbocycles. The molecule has 0 aliphatic carbocycles. The van der Waals surface area contributed by atoms with E-state index in [0.717, 1.165) is 16.6 Å². The first-order chi connectivity index (χ1) is 10.5. The SMILES string of the molecule is Cc1cc(C)c2ccc(NC(=O)c3ccc(F)cc3)nc2n1. The summed E-state index contributed by atoms with van der Waals surface area (Å²) < 4.78 is 12.9. The van der Waals surface area contributed by atoms with Crippen LogP contribution in [-0.4, -0.2) is 15.9 Å². The molecule has 3 rings (SSSR count). The molecule has 22 heavy (non-hydrogen) atoms. The fourth-order valence-electron chi connectivity index (χ4n) is 2.29. The first-order valence-corrected chi connectivity index (χ1v) is 6.85. The first-order valence-electron chi connectivity index (χ1n) is 6.85. The van der Waals surface area contributed by atoms with Crippen molar-refractivity contribution in [1.29, 1.82) is 0 Å². The number of rotatable bonds is 2. The van der Waals surface area contributed by atoms with Crippen LogP contribution in [0.5, 0.6) is 0 Å². The van der Waals surface area contributed by atoms with Gasteiger partial charge in [-0.25, -0.2) is 14.4 Å². The van der Waals surface area contributed by atoms with Gasteiger partial charge in [0.25, 0.3) is 5.91 Å². The van der Waals surface area contributed by atoms with E-state index in [0.29, 0.717) is 17.0 Å². The highest BCUT2D eigenvalue weighted by Gasteiger charge is 2.09. The lowest BCUT2D eigenvalue weighted by Crippen LogP contribution is -2.13. The molecule has 4 nitrogen and oxygen atoms in total. The van der Waals surface area contributed by atoms with Gasteiger partial charge in [0.2, 0.25) is 0 Å². The predicted molar refractivity (Wildman–Crippen MR) is 83.4 cm³/mol. The van der Waals surface area contributed by atoms with Crippen LogP contribution < -0.4 is 5.32 Å². The molecule has 0 spiro atoms. The highest BCUT2D eigenvalue weighted by atomic mass is 19.1. The van der Waals surface area contributed by atoms with Crippen molar-refractivity contribution < 1.29 is 9.18 Å². The molecule has 110 valence electrons. The lowest BCUT2D eigenvalue weighted by Gasteiger charge is -2.07. The Morgan fingerprint density at radius 2 is 1.77 bits per heavy atom. The quantitative estimate of drug-likeness (QED) is 0.785. The van der Waals surface area contributed by atoms with E-state index in [9.17, 15) is 9.18 Å². The fourth-order valence-corrected chi connectivity index (χ4v) is 2.29. The Morgan fingerprint density at radius 3 is 2.50 bits per heavy atom. The van der Waals surface area contributed by atoms with Crippen molar-refractivity contribution in [1.82, 2.24) is 9.97 Å². The van der Waals surface area contributed by atoms with Gasteiger partial charge in [0.05, 0.1) is 0 Å². The lowest BCUT2D eigenvalue weighted by molar-refractivity contribution is 0.102.